The molecule has 2 aromatic carbocycles. The van der Waals surface area contributed by atoms with Gasteiger partial charge in [-0.15, -0.1) is 0 Å². The molecule has 0 aliphatic heterocycles. The maximum atomic E-state index is 12.4. The second-order valence-corrected chi connectivity index (χ2v) is 5.98. The fourth-order valence-electron chi connectivity index (χ4n) is 2.52. The molecule has 0 aromatic heterocycles. The fraction of sp³-hybridized carbons (Fsp3) is 0.286. The van der Waals surface area contributed by atoms with Gasteiger partial charge in [-0.2, -0.15) is 0 Å². The van der Waals surface area contributed by atoms with Crippen molar-refractivity contribution in [1.82, 2.24) is 10.2 Å². The Morgan fingerprint density at radius 2 is 1.64 bits per heavy atom. The first-order valence-corrected chi connectivity index (χ1v) is 9.17. The first kappa shape index (κ1) is 21.0. The predicted octanol–water partition coefficient (Wildman–Crippen LogP) is 2.30. The van der Waals surface area contributed by atoms with Crippen molar-refractivity contribution in [3.8, 4) is 5.75 Å². The molecule has 28 heavy (non-hydrogen) atoms. The van der Waals surface area contributed by atoms with Gasteiger partial charge in [-0.05, 0) is 44.2 Å². The summed E-state index contributed by atoms with van der Waals surface area (Å²) in [4.78, 5) is 37.9. The third-order valence-electron chi connectivity index (χ3n) is 4.00. The van der Waals surface area contributed by atoms with Gasteiger partial charge in [-0.1, -0.05) is 24.3 Å². The summed E-state index contributed by atoms with van der Waals surface area (Å²) in [7, 11) is 0. The summed E-state index contributed by atoms with van der Waals surface area (Å²) in [5.41, 5.74) is 1.000. The highest BCUT2D eigenvalue weighted by molar-refractivity contribution is 5.98. The van der Waals surface area contributed by atoms with Gasteiger partial charge in [-0.3, -0.25) is 14.4 Å². The van der Waals surface area contributed by atoms with Gasteiger partial charge in [0, 0.05) is 24.3 Å². The number of hydrogen-bond acceptors (Lipinski definition) is 4. The number of anilines is 1. The van der Waals surface area contributed by atoms with Crippen LogP contribution in [-0.2, 0) is 9.59 Å². The molecule has 7 nitrogen and oxygen atoms in total. The molecule has 0 unspecified atom stereocenters. The van der Waals surface area contributed by atoms with Crippen LogP contribution in [-0.4, -0.2) is 48.9 Å². The Labute approximate surface area is 164 Å². The van der Waals surface area contributed by atoms with Crippen LogP contribution >= 0.6 is 0 Å². The summed E-state index contributed by atoms with van der Waals surface area (Å²) < 4.78 is 5.32. The van der Waals surface area contributed by atoms with Crippen LogP contribution in [0.1, 0.15) is 24.2 Å². The van der Waals surface area contributed by atoms with Gasteiger partial charge in [0.2, 0.25) is 5.91 Å². The molecule has 0 radical (unpaired) electrons. The van der Waals surface area contributed by atoms with Crippen LogP contribution in [0.3, 0.4) is 0 Å². The highest BCUT2D eigenvalue weighted by Gasteiger charge is 2.13. The average molecular weight is 383 g/mol. The monoisotopic (exact) mass is 383 g/mol. The van der Waals surface area contributed by atoms with Crippen LogP contribution in [0.4, 0.5) is 5.69 Å². The van der Waals surface area contributed by atoms with Crippen molar-refractivity contribution >= 4 is 23.4 Å². The molecule has 2 N–H and O–H groups in total. The SMILES string of the molecule is CCN(CC)C(=O)c1cccc(NC(=O)CNC(=O)COc2ccccc2)c1. The van der Waals surface area contributed by atoms with Crippen LogP contribution in [0.2, 0.25) is 0 Å². The van der Waals surface area contributed by atoms with Gasteiger partial charge in [0.15, 0.2) is 6.61 Å². The van der Waals surface area contributed by atoms with Gasteiger partial charge in [0.1, 0.15) is 5.75 Å². The minimum absolute atomic E-state index is 0.0903. The molecule has 0 spiro atoms. The Hall–Kier alpha value is -3.35. The quantitative estimate of drug-likeness (QED) is 0.696. The lowest BCUT2D eigenvalue weighted by atomic mass is 10.1. The molecule has 0 fully saturated rings. The van der Waals surface area contributed by atoms with Crippen LogP contribution in [0, 0.1) is 0 Å². The lowest BCUT2D eigenvalue weighted by Gasteiger charge is -2.19. The van der Waals surface area contributed by atoms with E-state index in [9.17, 15) is 14.4 Å². The second kappa shape index (κ2) is 10.7. The Kier molecular flexibility index (Phi) is 8.02. The van der Waals surface area contributed by atoms with Crippen molar-refractivity contribution < 1.29 is 19.1 Å². The summed E-state index contributed by atoms with van der Waals surface area (Å²) in [6, 6.07) is 15.7. The average Bonchev–Trinajstić information content (AvgIpc) is 2.72. The second-order valence-electron chi connectivity index (χ2n) is 5.98. The van der Waals surface area contributed by atoms with Crippen LogP contribution in [0.15, 0.2) is 54.6 Å². The zero-order chi connectivity index (χ0) is 20.4. The number of hydrogen-bond donors (Lipinski definition) is 2. The number of para-hydroxylation sites is 1. The molecular formula is C21H25N3O4. The zero-order valence-electron chi connectivity index (χ0n) is 16.1. The number of nitrogens with zero attached hydrogens (tertiary/aromatic N) is 1. The minimum Gasteiger partial charge on any atom is -0.484 e. The van der Waals surface area contributed by atoms with Gasteiger partial charge >= 0.3 is 0 Å². The standard InChI is InChI=1S/C21H25N3O4/c1-3-24(4-2)21(27)16-9-8-10-17(13-16)23-19(25)14-22-20(26)15-28-18-11-6-5-7-12-18/h5-13H,3-4,14-15H2,1-2H3,(H,22,26)(H,23,25). The predicted molar refractivity (Wildman–Crippen MR) is 107 cm³/mol. The molecule has 0 saturated carbocycles. The van der Waals surface area contributed by atoms with E-state index in [-0.39, 0.29) is 25.0 Å². The van der Waals surface area contributed by atoms with Crippen LogP contribution in [0.25, 0.3) is 0 Å². The molecule has 0 atom stereocenters. The highest BCUT2D eigenvalue weighted by atomic mass is 16.5. The molecule has 2 aromatic rings. The maximum Gasteiger partial charge on any atom is 0.258 e. The van der Waals surface area contributed by atoms with Crippen molar-refractivity contribution in [2.75, 3.05) is 31.6 Å². The minimum atomic E-state index is -0.399. The summed E-state index contributed by atoms with van der Waals surface area (Å²) >= 11 is 0. The Balaban J connectivity index is 1.81. The number of ether oxygens (including phenoxy) is 1. The van der Waals surface area contributed by atoms with Crippen molar-refractivity contribution in [2.45, 2.75) is 13.8 Å². The van der Waals surface area contributed by atoms with E-state index in [0.29, 0.717) is 30.1 Å². The smallest absolute Gasteiger partial charge is 0.258 e. The molecule has 0 aliphatic rings. The van der Waals surface area contributed by atoms with E-state index in [0.717, 1.165) is 0 Å². The summed E-state index contributed by atoms with van der Waals surface area (Å²) in [6.45, 7) is 4.69. The third kappa shape index (κ3) is 6.42. The molecule has 7 heteroatoms. The lowest BCUT2D eigenvalue weighted by molar-refractivity contribution is -0.125. The molecule has 148 valence electrons. The molecule has 3 amide bonds. The van der Waals surface area contributed by atoms with E-state index in [1.54, 1.807) is 53.4 Å². The first-order valence-electron chi connectivity index (χ1n) is 9.17. The van der Waals surface area contributed by atoms with E-state index in [4.69, 9.17) is 4.74 Å². The van der Waals surface area contributed by atoms with Crippen molar-refractivity contribution in [1.29, 1.82) is 0 Å². The third-order valence-corrected chi connectivity index (χ3v) is 4.00. The van der Waals surface area contributed by atoms with Gasteiger partial charge in [0.05, 0.1) is 6.54 Å². The molecule has 0 heterocycles. The molecular weight excluding hydrogens is 358 g/mol. The molecule has 0 aliphatic carbocycles. The summed E-state index contributed by atoms with van der Waals surface area (Å²) in [5.74, 6) is -0.297. The topological polar surface area (TPSA) is 87.7 Å². The van der Waals surface area contributed by atoms with Crippen molar-refractivity contribution in [3.05, 3.63) is 60.2 Å². The van der Waals surface area contributed by atoms with Gasteiger partial charge in [0.25, 0.3) is 11.8 Å². The highest BCUT2D eigenvalue weighted by Crippen LogP contribution is 2.13. The Morgan fingerprint density at radius 3 is 2.32 bits per heavy atom. The number of carbonyl (C=O) groups is 3. The van der Waals surface area contributed by atoms with E-state index in [1.807, 2.05) is 19.9 Å². The first-order chi connectivity index (χ1) is 13.5. The largest absolute Gasteiger partial charge is 0.484 e. The van der Waals surface area contributed by atoms with Crippen LogP contribution in [0.5, 0.6) is 5.75 Å². The van der Waals surface area contributed by atoms with E-state index < -0.39 is 5.91 Å². The molecule has 0 bridgehead atoms. The molecule has 0 saturated heterocycles. The summed E-state index contributed by atoms with van der Waals surface area (Å²) in [6.07, 6.45) is 0. The van der Waals surface area contributed by atoms with Gasteiger partial charge < -0.3 is 20.3 Å². The van der Waals surface area contributed by atoms with E-state index >= 15 is 0 Å². The molecule has 2 rings (SSSR count). The number of carbonyl (C=O) groups excluding carboxylic acids is 3. The number of nitrogens with one attached hydrogen (secondary N) is 2. The number of benzene rings is 2. The number of rotatable bonds is 9. The summed E-state index contributed by atoms with van der Waals surface area (Å²) in [5, 5.41) is 5.17. The normalized spacial score (nSPS) is 10.1. The van der Waals surface area contributed by atoms with Crippen molar-refractivity contribution in [3.63, 3.8) is 0 Å². The Bertz CT molecular complexity index is 804. The maximum absolute atomic E-state index is 12.4. The van der Waals surface area contributed by atoms with Crippen molar-refractivity contribution in [2.24, 2.45) is 0 Å². The van der Waals surface area contributed by atoms with Gasteiger partial charge in [-0.25, -0.2) is 0 Å². The lowest BCUT2D eigenvalue weighted by Crippen LogP contribution is -2.35. The van der Waals surface area contributed by atoms with E-state index in [2.05, 4.69) is 10.6 Å². The number of amides is 3. The van der Waals surface area contributed by atoms with Crippen LogP contribution < -0.4 is 15.4 Å². The zero-order valence-corrected chi connectivity index (χ0v) is 16.1. The van der Waals surface area contributed by atoms with E-state index in [1.165, 1.54) is 0 Å². The fourth-order valence-corrected chi connectivity index (χ4v) is 2.52. The Morgan fingerprint density at radius 1 is 0.929 bits per heavy atom.